The third kappa shape index (κ3) is 3.74. The van der Waals surface area contributed by atoms with E-state index in [1.165, 1.54) is 5.56 Å². The number of nitrogens with one attached hydrogen (secondary N) is 2. The normalized spacial score (nSPS) is 13.6. The molecule has 2 aromatic carbocycles. The second-order valence-electron chi connectivity index (χ2n) is 6.16. The number of benzene rings is 2. The number of carbonyl (C=O) groups excluding carboxylic acids is 2. The predicted molar refractivity (Wildman–Crippen MR) is 97.5 cm³/mol. The molecule has 3 amide bonds. The van der Waals surface area contributed by atoms with Gasteiger partial charge in [-0.3, -0.25) is 4.79 Å². The highest BCUT2D eigenvalue weighted by Gasteiger charge is 2.21. The van der Waals surface area contributed by atoms with E-state index in [1.807, 2.05) is 32.0 Å². The van der Waals surface area contributed by atoms with E-state index in [0.717, 1.165) is 11.3 Å². The number of rotatable bonds is 2. The zero-order chi connectivity index (χ0) is 18.0. The second kappa shape index (κ2) is 6.84. The highest BCUT2D eigenvalue weighted by molar-refractivity contribution is 6.02. The van der Waals surface area contributed by atoms with E-state index in [2.05, 4.69) is 10.6 Å². The van der Waals surface area contributed by atoms with Crippen LogP contribution in [0.4, 0.5) is 16.2 Å². The van der Waals surface area contributed by atoms with Gasteiger partial charge in [-0.05, 0) is 55.3 Å². The van der Waals surface area contributed by atoms with Crippen LogP contribution in [0.3, 0.4) is 0 Å². The van der Waals surface area contributed by atoms with Crippen molar-refractivity contribution in [3.8, 4) is 5.75 Å². The van der Waals surface area contributed by atoms with Gasteiger partial charge in [0, 0.05) is 18.4 Å². The Morgan fingerprint density at radius 3 is 2.44 bits per heavy atom. The van der Waals surface area contributed by atoms with Crippen LogP contribution in [-0.2, 0) is 0 Å². The van der Waals surface area contributed by atoms with Gasteiger partial charge in [0.25, 0.3) is 5.91 Å². The van der Waals surface area contributed by atoms with Crippen molar-refractivity contribution in [3.05, 3.63) is 53.1 Å². The van der Waals surface area contributed by atoms with Gasteiger partial charge in [0.1, 0.15) is 12.4 Å². The molecule has 0 unspecified atom stereocenters. The first kappa shape index (κ1) is 16.8. The van der Waals surface area contributed by atoms with E-state index < -0.39 is 0 Å². The molecule has 130 valence electrons. The van der Waals surface area contributed by atoms with Gasteiger partial charge in [0.05, 0.1) is 12.1 Å². The van der Waals surface area contributed by atoms with Crippen molar-refractivity contribution in [1.82, 2.24) is 4.90 Å². The van der Waals surface area contributed by atoms with Crippen LogP contribution < -0.4 is 15.4 Å². The summed E-state index contributed by atoms with van der Waals surface area (Å²) >= 11 is 0. The van der Waals surface area contributed by atoms with E-state index in [9.17, 15) is 9.59 Å². The first-order valence-corrected chi connectivity index (χ1v) is 8.11. The monoisotopic (exact) mass is 339 g/mol. The molecule has 1 aliphatic rings. The van der Waals surface area contributed by atoms with Crippen LogP contribution in [0.15, 0.2) is 36.4 Å². The lowest BCUT2D eigenvalue weighted by Gasteiger charge is -2.13. The smallest absolute Gasteiger partial charge is 0.323 e. The maximum absolute atomic E-state index is 12.4. The van der Waals surface area contributed by atoms with Gasteiger partial charge in [0.2, 0.25) is 0 Å². The Kier molecular flexibility index (Phi) is 4.61. The lowest BCUT2D eigenvalue weighted by atomic mass is 10.1. The molecule has 1 aliphatic heterocycles. The summed E-state index contributed by atoms with van der Waals surface area (Å²) in [5, 5.41) is 5.55. The van der Waals surface area contributed by atoms with Crippen molar-refractivity contribution in [2.75, 3.05) is 30.8 Å². The summed E-state index contributed by atoms with van der Waals surface area (Å²) in [6, 6.07) is 10.4. The topological polar surface area (TPSA) is 70.7 Å². The third-order valence-corrected chi connectivity index (χ3v) is 4.26. The molecule has 6 nitrogen and oxygen atoms in total. The largest absolute Gasteiger partial charge is 0.491 e. The number of carbonyl (C=O) groups is 2. The summed E-state index contributed by atoms with van der Waals surface area (Å²) in [6.07, 6.45) is 0. The Balaban J connectivity index is 1.74. The van der Waals surface area contributed by atoms with Gasteiger partial charge >= 0.3 is 6.03 Å². The van der Waals surface area contributed by atoms with Gasteiger partial charge < -0.3 is 20.3 Å². The Hall–Kier alpha value is -3.02. The number of ether oxygens (including phenoxy) is 1. The first-order chi connectivity index (χ1) is 11.9. The van der Waals surface area contributed by atoms with E-state index in [-0.39, 0.29) is 11.9 Å². The molecule has 0 bridgehead atoms. The van der Waals surface area contributed by atoms with Gasteiger partial charge in [0.15, 0.2) is 0 Å². The Bertz CT molecular complexity index is 833. The number of fused-ring (bicyclic) bond motifs is 1. The van der Waals surface area contributed by atoms with Crippen LogP contribution >= 0.6 is 0 Å². The van der Waals surface area contributed by atoms with Gasteiger partial charge in [-0.15, -0.1) is 0 Å². The molecule has 2 N–H and O–H groups in total. The van der Waals surface area contributed by atoms with Crippen molar-refractivity contribution < 1.29 is 14.3 Å². The number of urea groups is 1. The zero-order valence-electron chi connectivity index (χ0n) is 14.6. The summed E-state index contributed by atoms with van der Waals surface area (Å²) in [7, 11) is 1.73. The Morgan fingerprint density at radius 2 is 1.72 bits per heavy atom. The fraction of sp³-hybridized carbons (Fsp3) is 0.263. The maximum Gasteiger partial charge on any atom is 0.323 e. The molecule has 1 heterocycles. The summed E-state index contributed by atoms with van der Waals surface area (Å²) in [6.45, 7) is 5.00. The molecule has 6 heteroatoms. The Labute approximate surface area is 146 Å². The van der Waals surface area contributed by atoms with Crippen molar-refractivity contribution in [2.24, 2.45) is 0 Å². The molecule has 0 aromatic heterocycles. The van der Waals surface area contributed by atoms with Gasteiger partial charge in [-0.1, -0.05) is 6.07 Å². The molecule has 0 radical (unpaired) electrons. The number of likely N-dealkylation sites (N-methyl/N-ethyl adjacent to an activating group) is 1. The van der Waals surface area contributed by atoms with E-state index >= 15 is 0 Å². The quantitative estimate of drug-likeness (QED) is 0.881. The standard InChI is InChI=1S/C19H21N3O3/c1-12-4-5-14(10-13(12)2)20-19(24)21-15-6-7-17-16(11-15)18(23)22(3)8-9-25-17/h4-7,10-11H,8-9H2,1-3H3,(H2,20,21,24). The fourth-order valence-electron chi connectivity index (χ4n) is 2.61. The maximum atomic E-state index is 12.4. The minimum absolute atomic E-state index is 0.120. The molecule has 2 aromatic rings. The van der Waals surface area contributed by atoms with Crippen LogP contribution in [0.2, 0.25) is 0 Å². The van der Waals surface area contributed by atoms with Crippen LogP contribution in [-0.4, -0.2) is 37.0 Å². The predicted octanol–water partition coefficient (Wildman–Crippen LogP) is 3.41. The molecule has 0 saturated heterocycles. The van der Waals surface area contributed by atoms with Gasteiger partial charge in [-0.2, -0.15) is 0 Å². The highest BCUT2D eigenvalue weighted by atomic mass is 16.5. The summed E-state index contributed by atoms with van der Waals surface area (Å²) in [4.78, 5) is 26.2. The van der Waals surface area contributed by atoms with E-state index in [4.69, 9.17) is 4.74 Å². The van der Waals surface area contributed by atoms with Crippen LogP contribution in [0.25, 0.3) is 0 Å². The summed E-state index contributed by atoms with van der Waals surface area (Å²) in [5.41, 5.74) is 3.97. The molecule has 0 spiro atoms. The number of hydrogen-bond acceptors (Lipinski definition) is 3. The van der Waals surface area contributed by atoms with Gasteiger partial charge in [-0.25, -0.2) is 4.79 Å². The average molecular weight is 339 g/mol. The second-order valence-corrected chi connectivity index (χ2v) is 6.16. The molecule has 25 heavy (non-hydrogen) atoms. The number of amides is 3. The minimum Gasteiger partial charge on any atom is -0.491 e. The van der Waals surface area contributed by atoms with Crippen LogP contribution in [0, 0.1) is 13.8 Å². The van der Waals surface area contributed by atoms with Crippen LogP contribution in [0.5, 0.6) is 5.75 Å². The third-order valence-electron chi connectivity index (χ3n) is 4.26. The molecule has 0 aliphatic carbocycles. The van der Waals surface area contributed by atoms with Crippen LogP contribution in [0.1, 0.15) is 21.5 Å². The van der Waals surface area contributed by atoms with Crippen molar-refractivity contribution in [2.45, 2.75) is 13.8 Å². The highest BCUT2D eigenvalue weighted by Crippen LogP contribution is 2.26. The number of anilines is 2. The lowest BCUT2D eigenvalue weighted by molar-refractivity contribution is 0.0796. The zero-order valence-corrected chi connectivity index (χ0v) is 14.6. The molecule has 0 saturated carbocycles. The minimum atomic E-state index is -0.362. The summed E-state index contributed by atoms with van der Waals surface area (Å²) in [5.74, 6) is 0.417. The molecular weight excluding hydrogens is 318 g/mol. The van der Waals surface area contributed by atoms with Crippen molar-refractivity contribution in [3.63, 3.8) is 0 Å². The van der Waals surface area contributed by atoms with E-state index in [1.54, 1.807) is 30.1 Å². The molecule has 0 atom stereocenters. The number of hydrogen-bond donors (Lipinski definition) is 2. The van der Waals surface area contributed by atoms with E-state index in [0.29, 0.717) is 30.2 Å². The van der Waals surface area contributed by atoms with Crippen molar-refractivity contribution >= 4 is 23.3 Å². The molecule has 0 fully saturated rings. The SMILES string of the molecule is Cc1ccc(NC(=O)Nc2ccc3c(c2)C(=O)N(C)CCO3)cc1C. The number of nitrogens with zero attached hydrogens (tertiary/aromatic N) is 1. The Morgan fingerprint density at radius 1 is 1.04 bits per heavy atom. The fourth-order valence-corrected chi connectivity index (χ4v) is 2.61. The first-order valence-electron chi connectivity index (χ1n) is 8.11. The molecular formula is C19H21N3O3. The van der Waals surface area contributed by atoms with Crippen molar-refractivity contribution in [1.29, 1.82) is 0 Å². The summed E-state index contributed by atoms with van der Waals surface area (Å²) < 4.78 is 5.58. The molecule has 3 rings (SSSR count). The number of aryl methyl sites for hydroxylation is 2. The lowest BCUT2D eigenvalue weighted by Crippen LogP contribution is -2.28. The average Bonchev–Trinajstić information content (AvgIpc) is 2.71.